The van der Waals surface area contributed by atoms with E-state index in [4.69, 9.17) is 0 Å². The molecule has 26 heavy (non-hydrogen) atoms. The number of nitrogens with one attached hydrogen (secondary N) is 1. The van der Waals surface area contributed by atoms with Crippen LogP contribution in [0.1, 0.15) is 45.4 Å². The number of unbranched alkanes of at least 4 members (excludes halogenated alkanes) is 1. The molecule has 0 saturated carbocycles. The van der Waals surface area contributed by atoms with Crippen molar-refractivity contribution in [3.63, 3.8) is 0 Å². The van der Waals surface area contributed by atoms with Crippen LogP contribution < -0.4 is 5.32 Å². The highest BCUT2D eigenvalue weighted by molar-refractivity contribution is 7.89. The lowest BCUT2D eigenvalue weighted by atomic mass is 10.2. The van der Waals surface area contributed by atoms with Crippen LogP contribution >= 0.6 is 11.3 Å². The Morgan fingerprint density at radius 3 is 2.46 bits per heavy atom. The number of thiazole rings is 1. The Labute approximate surface area is 160 Å². The van der Waals surface area contributed by atoms with Gasteiger partial charge in [-0.2, -0.15) is 4.31 Å². The highest BCUT2D eigenvalue weighted by Crippen LogP contribution is 2.27. The molecule has 1 aromatic heterocycles. The fourth-order valence-electron chi connectivity index (χ4n) is 3.09. The molecule has 1 aliphatic rings. The molecule has 7 heteroatoms. The molecule has 142 valence electrons. The number of hydrogen-bond donors (Lipinski definition) is 1. The molecule has 0 atom stereocenters. The van der Waals surface area contributed by atoms with E-state index in [1.54, 1.807) is 27.8 Å². The summed E-state index contributed by atoms with van der Waals surface area (Å²) < 4.78 is 27.3. The molecule has 2 heterocycles. The van der Waals surface area contributed by atoms with E-state index in [9.17, 15) is 8.42 Å². The molecule has 0 spiro atoms. The summed E-state index contributed by atoms with van der Waals surface area (Å²) in [5.41, 5.74) is 1.83. The van der Waals surface area contributed by atoms with Gasteiger partial charge in [-0.15, -0.1) is 11.3 Å². The monoisotopic (exact) mass is 393 g/mol. The van der Waals surface area contributed by atoms with Crippen LogP contribution in [0, 0.1) is 0 Å². The van der Waals surface area contributed by atoms with Crippen molar-refractivity contribution in [1.82, 2.24) is 9.29 Å². The smallest absolute Gasteiger partial charge is 0.243 e. The van der Waals surface area contributed by atoms with Crippen LogP contribution in [0.25, 0.3) is 11.3 Å². The Kier molecular flexibility index (Phi) is 6.67. The molecule has 1 saturated heterocycles. The van der Waals surface area contributed by atoms with Crippen LogP contribution in [-0.2, 0) is 10.0 Å². The van der Waals surface area contributed by atoms with Gasteiger partial charge in [0.1, 0.15) is 0 Å². The first-order valence-corrected chi connectivity index (χ1v) is 11.7. The zero-order valence-electron chi connectivity index (χ0n) is 15.3. The van der Waals surface area contributed by atoms with Crippen molar-refractivity contribution in [2.24, 2.45) is 0 Å². The third-order valence-corrected chi connectivity index (χ3v) is 7.38. The molecule has 1 aliphatic heterocycles. The maximum atomic E-state index is 12.8. The second-order valence-electron chi connectivity index (χ2n) is 6.66. The van der Waals surface area contributed by atoms with Gasteiger partial charge in [-0.05, 0) is 31.4 Å². The van der Waals surface area contributed by atoms with Gasteiger partial charge >= 0.3 is 0 Å². The van der Waals surface area contributed by atoms with Crippen LogP contribution in [0.4, 0.5) is 5.13 Å². The fourth-order valence-corrected chi connectivity index (χ4v) is 5.35. The summed E-state index contributed by atoms with van der Waals surface area (Å²) >= 11 is 1.58. The van der Waals surface area contributed by atoms with Crippen LogP contribution in [0.5, 0.6) is 0 Å². The first-order chi connectivity index (χ1) is 12.6. The molecule has 5 nitrogen and oxygen atoms in total. The molecule has 0 amide bonds. The predicted octanol–water partition coefficient (Wildman–Crippen LogP) is 4.59. The van der Waals surface area contributed by atoms with E-state index in [-0.39, 0.29) is 0 Å². The average molecular weight is 394 g/mol. The maximum absolute atomic E-state index is 12.8. The minimum Gasteiger partial charge on any atom is -0.362 e. The summed E-state index contributed by atoms with van der Waals surface area (Å²) in [6.45, 7) is 4.35. The zero-order valence-corrected chi connectivity index (χ0v) is 16.9. The Bertz CT molecular complexity index is 792. The Morgan fingerprint density at radius 2 is 1.81 bits per heavy atom. The third-order valence-electron chi connectivity index (χ3n) is 4.66. The number of aromatic nitrogens is 1. The van der Waals surface area contributed by atoms with Crippen molar-refractivity contribution in [2.75, 3.05) is 25.0 Å². The van der Waals surface area contributed by atoms with Gasteiger partial charge in [0.2, 0.25) is 10.0 Å². The van der Waals surface area contributed by atoms with Crippen molar-refractivity contribution in [3.05, 3.63) is 29.6 Å². The minimum atomic E-state index is -3.39. The standard InChI is InChI=1S/C19H27N3O2S2/c1-2-3-12-20-19-21-18(15-25-19)16-8-10-17(11-9-16)26(23,24)22-13-6-4-5-7-14-22/h8-11,15H,2-7,12-14H2,1H3,(H,20,21). The van der Waals surface area contributed by atoms with Crippen molar-refractivity contribution in [3.8, 4) is 11.3 Å². The van der Waals surface area contributed by atoms with Gasteiger partial charge in [-0.3, -0.25) is 0 Å². The van der Waals surface area contributed by atoms with E-state index in [0.717, 1.165) is 61.5 Å². The second kappa shape index (κ2) is 8.97. The highest BCUT2D eigenvalue weighted by Gasteiger charge is 2.25. The van der Waals surface area contributed by atoms with Gasteiger partial charge in [0.15, 0.2) is 5.13 Å². The molecule has 1 fully saturated rings. The summed E-state index contributed by atoms with van der Waals surface area (Å²) in [6.07, 6.45) is 6.40. The zero-order chi connectivity index (χ0) is 18.4. The van der Waals surface area contributed by atoms with E-state index < -0.39 is 10.0 Å². The lowest BCUT2D eigenvalue weighted by molar-refractivity contribution is 0.424. The lowest BCUT2D eigenvalue weighted by Gasteiger charge is -2.19. The van der Waals surface area contributed by atoms with Crippen LogP contribution in [0.15, 0.2) is 34.5 Å². The summed E-state index contributed by atoms with van der Waals surface area (Å²) in [5.74, 6) is 0. The van der Waals surface area contributed by atoms with Gasteiger partial charge in [0.25, 0.3) is 0 Å². The number of hydrogen-bond acceptors (Lipinski definition) is 5. The number of sulfonamides is 1. The van der Waals surface area contributed by atoms with Crippen molar-refractivity contribution in [2.45, 2.75) is 50.3 Å². The van der Waals surface area contributed by atoms with E-state index in [1.165, 1.54) is 0 Å². The molecule has 1 N–H and O–H groups in total. The summed E-state index contributed by atoms with van der Waals surface area (Å²) in [5, 5.41) is 6.24. The average Bonchev–Trinajstić information content (AvgIpc) is 2.94. The van der Waals surface area contributed by atoms with E-state index >= 15 is 0 Å². The SMILES string of the molecule is CCCCNc1nc(-c2ccc(S(=O)(=O)N3CCCCCC3)cc2)cs1. The normalized spacial score (nSPS) is 16.3. The topological polar surface area (TPSA) is 62.3 Å². The number of anilines is 1. The molecule has 2 aromatic rings. The molecule has 0 radical (unpaired) electrons. The van der Waals surface area contributed by atoms with Crippen molar-refractivity contribution in [1.29, 1.82) is 0 Å². The number of rotatable bonds is 7. The van der Waals surface area contributed by atoms with Crippen LogP contribution in [0.2, 0.25) is 0 Å². The van der Waals surface area contributed by atoms with Gasteiger partial charge in [0.05, 0.1) is 10.6 Å². The van der Waals surface area contributed by atoms with E-state index in [0.29, 0.717) is 18.0 Å². The first kappa shape index (κ1) is 19.3. The Hall–Kier alpha value is -1.44. The molecule has 3 rings (SSSR count). The maximum Gasteiger partial charge on any atom is 0.243 e. The quantitative estimate of drug-likeness (QED) is 0.699. The van der Waals surface area contributed by atoms with Gasteiger partial charge < -0.3 is 5.32 Å². The van der Waals surface area contributed by atoms with Crippen molar-refractivity contribution < 1.29 is 8.42 Å². The molecule has 0 bridgehead atoms. The molecule has 0 unspecified atom stereocenters. The van der Waals surface area contributed by atoms with Crippen LogP contribution in [-0.4, -0.2) is 37.3 Å². The third kappa shape index (κ3) is 4.64. The number of benzene rings is 1. The van der Waals surface area contributed by atoms with E-state index in [2.05, 4.69) is 17.2 Å². The highest BCUT2D eigenvalue weighted by atomic mass is 32.2. The molecule has 0 aliphatic carbocycles. The Morgan fingerprint density at radius 1 is 1.12 bits per heavy atom. The first-order valence-electron chi connectivity index (χ1n) is 9.41. The van der Waals surface area contributed by atoms with Gasteiger partial charge in [0, 0.05) is 30.6 Å². The van der Waals surface area contributed by atoms with Gasteiger partial charge in [-0.25, -0.2) is 13.4 Å². The summed E-state index contributed by atoms with van der Waals surface area (Å²) in [6, 6.07) is 7.13. The fraction of sp³-hybridized carbons (Fsp3) is 0.526. The van der Waals surface area contributed by atoms with E-state index in [1.807, 2.05) is 17.5 Å². The molecule has 1 aromatic carbocycles. The number of nitrogens with zero attached hydrogens (tertiary/aromatic N) is 2. The molecular weight excluding hydrogens is 366 g/mol. The summed E-state index contributed by atoms with van der Waals surface area (Å²) in [7, 11) is -3.39. The Balaban J connectivity index is 1.71. The van der Waals surface area contributed by atoms with Crippen molar-refractivity contribution >= 4 is 26.5 Å². The summed E-state index contributed by atoms with van der Waals surface area (Å²) in [4.78, 5) is 4.97. The largest absolute Gasteiger partial charge is 0.362 e. The minimum absolute atomic E-state index is 0.375. The van der Waals surface area contributed by atoms with Gasteiger partial charge in [-0.1, -0.05) is 38.3 Å². The van der Waals surface area contributed by atoms with Crippen LogP contribution in [0.3, 0.4) is 0 Å². The predicted molar refractivity (Wildman–Crippen MR) is 108 cm³/mol. The second-order valence-corrected chi connectivity index (χ2v) is 9.46. The molecular formula is C19H27N3O2S2. The lowest BCUT2D eigenvalue weighted by Crippen LogP contribution is -2.31.